The van der Waals surface area contributed by atoms with Crippen molar-refractivity contribution in [2.24, 2.45) is 5.92 Å². The van der Waals surface area contributed by atoms with Gasteiger partial charge in [-0.15, -0.1) is 0 Å². The molecule has 0 radical (unpaired) electrons. The molecule has 1 aromatic carbocycles. The fourth-order valence-electron chi connectivity index (χ4n) is 3.58. The Bertz CT molecular complexity index is 917. The van der Waals surface area contributed by atoms with Crippen LogP contribution in [0.15, 0.2) is 41.6 Å². The van der Waals surface area contributed by atoms with Crippen LogP contribution in [0.4, 0.5) is 0 Å². The molecule has 140 valence electrons. The molecule has 2 N–H and O–H groups in total. The van der Waals surface area contributed by atoms with Crippen molar-refractivity contribution in [3.63, 3.8) is 0 Å². The van der Waals surface area contributed by atoms with Crippen LogP contribution in [0.5, 0.6) is 0 Å². The predicted molar refractivity (Wildman–Crippen MR) is 99.3 cm³/mol. The number of nitrogens with one attached hydrogen (secondary N) is 2. The van der Waals surface area contributed by atoms with Gasteiger partial charge in [0.25, 0.3) is 11.5 Å². The molecule has 1 saturated carbocycles. The number of likely N-dealkylation sites (tertiary alicyclic amines) is 1. The number of hydrogen-bond acceptors (Lipinski definition) is 4. The largest absolute Gasteiger partial charge is 0.351 e. The molecular formula is C20H22N4O3. The Morgan fingerprint density at radius 3 is 2.59 bits per heavy atom. The Labute approximate surface area is 156 Å². The number of carbonyl (C=O) groups excluding carboxylic acids is 2. The molecule has 7 nitrogen and oxygen atoms in total. The van der Waals surface area contributed by atoms with Crippen LogP contribution in [0.3, 0.4) is 0 Å². The normalized spacial score (nSPS) is 21.9. The second kappa shape index (κ2) is 6.98. The molecule has 2 atom stereocenters. The minimum Gasteiger partial charge on any atom is -0.351 e. The van der Waals surface area contributed by atoms with E-state index >= 15 is 0 Å². The Morgan fingerprint density at radius 1 is 1.19 bits per heavy atom. The summed E-state index contributed by atoms with van der Waals surface area (Å²) in [5.74, 6) is -0.196. The van der Waals surface area contributed by atoms with E-state index in [1.54, 1.807) is 4.90 Å². The number of benzene rings is 1. The van der Waals surface area contributed by atoms with Crippen LogP contribution in [0.1, 0.15) is 40.2 Å². The zero-order valence-electron chi connectivity index (χ0n) is 15.1. The highest BCUT2D eigenvalue weighted by atomic mass is 16.2. The van der Waals surface area contributed by atoms with Gasteiger partial charge in [0.05, 0.1) is 12.4 Å². The highest BCUT2D eigenvalue weighted by Crippen LogP contribution is 2.32. The van der Waals surface area contributed by atoms with Gasteiger partial charge in [0.15, 0.2) is 0 Å². The maximum absolute atomic E-state index is 12.8. The number of aromatic amines is 1. The summed E-state index contributed by atoms with van der Waals surface area (Å²) in [5.41, 5.74) is 1.81. The fraction of sp³-hybridized carbons (Fsp3) is 0.400. The summed E-state index contributed by atoms with van der Waals surface area (Å²) in [7, 11) is 0. The highest BCUT2D eigenvalue weighted by Gasteiger charge is 2.40. The molecule has 1 aliphatic carbocycles. The monoisotopic (exact) mass is 366 g/mol. The van der Waals surface area contributed by atoms with E-state index in [1.165, 1.54) is 12.5 Å². The van der Waals surface area contributed by atoms with Crippen molar-refractivity contribution in [1.82, 2.24) is 20.2 Å². The molecule has 1 aromatic heterocycles. The molecular weight excluding hydrogens is 344 g/mol. The lowest BCUT2D eigenvalue weighted by molar-refractivity contribution is -0.123. The van der Waals surface area contributed by atoms with E-state index in [2.05, 4.69) is 15.3 Å². The van der Waals surface area contributed by atoms with E-state index in [0.717, 1.165) is 24.0 Å². The van der Waals surface area contributed by atoms with Crippen LogP contribution in [0, 0.1) is 12.8 Å². The predicted octanol–water partition coefficient (Wildman–Crippen LogP) is 1.21. The van der Waals surface area contributed by atoms with Gasteiger partial charge in [-0.25, -0.2) is 4.98 Å². The van der Waals surface area contributed by atoms with Gasteiger partial charge in [0, 0.05) is 31.1 Å². The molecule has 2 aliphatic rings. The molecule has 7 heteroatoms. The second-order valence-corrected chi connectivity index (χ2v) is 7.41. The number of aryl methyl sites for hydroxylation is 1. The minimum absolute atomic E-state index is 0.00648. The van der Waals surface area contributed by atoms with E-state index < -0.39 is 5.56 Å². The van der Waals surface area contributed by atoms with Crippen LogP contribution >= 0.6 is 0 Å². The van der Waals surface area contributed by atoms with Crippen molar-refractivity contribution in [2.75, 3.05) is 13.1 Å². The van der Waals surface area contributed by atoms with Crippen molar-refractivity contribution in [2.45, 2.75) is 31.7 Å². The molecule has 4 rings (SSSR count). The first-order valence-electron chi connectivity index (χ1n) is 9.22. The number of nitrogens with zero attached hydrogens (tertiary/aromatic N) is 2. The smallest absolute Gasteiger partial charge is 0.263 e. The van der Waals surface area contributed by atoms with E-state index in [9.17, 15) is 14.4 Å². The fourth-order valence-corrected chi connectivity index (χ4v) is 3.58. The van der Waals surface area contributed by atoms with Crippen molar-refractivity contribution in [1.29, 1.82) is 0 Å². The SMILES string of the molecule is Cc1ccc([C@@H]2CN(C(=O)c3cnc[nH]c3=O)C[C@H]2NC(=O)C2CC2)cc1. The second-order valence-electron chi connectivity index (χ2n) is 7.41. The van der Waals surface area contributed by atoms with Crippen molar-refractivity contribution >= 4 is 11.8 Å². The third kappa shape index (κ3) is 3.63. The van der Waals surface area contributed by atoms with E-state index in [0.29, 0.717) is 13.1 Å². The summed E-state index contributed by atoms with van der Waals surface area (Å²) in [4.78, 5) is 45.0. The van der Waals surface area contributed by atoms with Gasteiger partial charge in [0.1, 0.15) is 5.56 Å². The third-order valence-corrected chi connectivity index (χ3v) is 5.34. The van der Waals surface area contributed by atoms with Gasteiger partial charge in [-0.1, -0.05) is 29.8 Å². The molecule has 1 aliphatic heterocycles. The number of amides is 2. The van der Waals surface area contributed by atoms with E-state index in [1.807, 2.05) is 31.2 Å². The van der Waals surface area contributed by atoms with Crippen LogP contribution in [-0.4, -0.2) is 45.8 Å². The molecule has 2 fully saturated rings. The standard InChI is InChI=1S/C20H22N4O3/c1-12-2-4-13(5-3-12)16-9-24(10-17(16)23-18(25)14-6-7-14)20(27)15-8-21-11-22-19(15)26/h2-5,8,11,14,16-17H,6-7,9-10H2,1H3,(H,23,25)(H,21,22,26)/t16-,17+/m0/s1. The van der Waals surface area contributed by atoms with Gasteiger partial charge >= 0.3 is 0 Å². The lowest BCUT2D eigenvalue weighted by Gasteiger charge is -2.20. The summed E-state index contributed by atoms with van der Waals surface area (Å²) >= 11 is 0. The first-order chi connectivity index (χ1) is 13.0. The maximum Gasteiger partial charge on any atom is 0.263 e. The average Bonchev–Trinajstić information content (AvgIpc) is 3.44. The van der Waals surface area contributed by atoms with E-state index in [-0.39, 0.29) is 35.3 Å². The molecule has 2 heterocycles. The maximum atomic E-state index is 12.8. The Balaban J connectivity index is 1.59. The average molecular weight is 366 g/mol. The van der Waals surface area contributed by atoms with Crippen LogP contribution in [0.2, 0.25) is 0 Å². The Morgan fingerprint density at radius 2 is 1.93 bits per heavy atom. The molecule has 2 amide bonds. The minimum atomic E-state index is -0.452. The topological polar surface area (TPSA) is 95.2 Å². The molecule has 0 spiro atoms. The first kappa shape index (κ1) is 17.5. The summed E-state index contributed by atoms with van der Waals surface area (Å²) in [6.45, 7) is 2.85. The Hall–Kier alpha value is -2.96. The molecule has 0 bridgehead atoms. The number of carbonyl (C=O) groups is 2. The van der Waals surface area contributed by atoms with Gasteiger partial charge in [0.2, 0.25) is 5.91 Å². The highest BCUT2D eigenvalue weighted by molar-refractivity contribution is 5.94. The first-order valence-corrected chi connectivity index (χ1v) is 9.22. The van der Waals surface area contributed by atoms with Crippen LogP contribution in [-0.2, 0) is 4.79 Å². The summed E-state index contributed by atoms with van der Waals surface area (Å²) in [5, 5.41) is 3.12. The summed E-state index contributed by atoms with van der Waals surface area (Å²) in [6, 6.07) is 7.99. The molecule has 1 saturated heterocycles. The summed E-state index contributed by atoms with van der Waals surface area (Å²) in [6.07, 6.45) is 4.41. The van der Waals surface area contributed by atoms with E-state index in [4.69, 9.17) is 0 Å². The van der Waals surface area contributed by atoms with Crippen molar-refractivity contribution < 1.29 is 9.59 Å². The quantitative estimate of drug-likeness (QED) is 0.850. The van der Waals surface area contributed by atoms with Gasteiger partial charge in [-0.2, -0.15) is 0 Å². The van der Waals surface area contributed by atoms with Crippen molar-refractivity contribution in [3.05, 3.63) is 63.8 Å². The summed E-state index contributed by atoms with van der Waals surface area (Å²) < 4.78 is 0. The van der Waals surface area contributed by atoms with Gasteiger partial charge < -0.3 is 15.2 Å². The third-order valence-electron chi connectivity index (χ3n) is 5.34. The zero-order valence-corrected chi connectivity index (χ0v) is 15.1. The van der Waals surface area contributed by atoms with Gasteiger partial charge in [-0.05, 0) is 25.3 Å². The lowest BCUT2D eigenvalue weighted by Crippen LogP contribution is -2.41. The molecule has 27 heavy (non-hydrogen) atoms. The zero-order chi connectivity index (χ0) is 19.0. The molecule has 2 aromatic rings. The number of rotatable bonds is 4. The van der Waals surface area contributed by atoms with Crippen LogP contribution < -0.4 is 10.9 Å². The molecule has 0 unspecified atom stereocenters. The number of hydrogen-bond donors (Lipinski definition) is 2. The number of H-pyrrole nitrogens is 1. The lowest BCUT2D eigenvalue weighted by atomic mass is 9.93. The van der Waals surface area contributed by atoms with Crippen LogP contribution in [0.25, 0.3) is 0 Å². The number of aromatic nitrogens is 2. The van der Waals surface area contributed by atoms with Gasteiger partial charge in [-0.3, -0.25) is 14.4 Å². The van der Waals surface area contributed by atoms with Crippen molar-refractivity contribution in [3.8, 4) is 0 Å². The Kier molecular flexibility index (Phi) is 4.51.